The fraction of sp³-hybridized carbons (Fsp3) is 0.429. The molecule has 21 heavy (non-hydrogen) atoms. The Morgan fingerprint density at radius 2 is 1.86 bits per heavy atom. The molecule has 0 aliphatic rings. The van der Waals surface area contributed by atoms with Gasteiger partial charge < -0.3 is 10.0 Å². The summed E-state index contributed by atoms with van der Waals surface area (Å²) < 4.78 is 0. The molecular formula is C14H18N2O5. The first kappa shape index (κ1) is 16.6. The van der Waals surface area contributed by atoms with Crippen LogP contribution in [0, 0.1) is 16.0 Å². The Bertz CT molecular complexity index is 536. The maximum atomic E-state index is 12.4. The lowest BCUT2D eigenvalue weighted by Gasteiger charge is -2.23. The summed E-state index contributed by atoms with van der Waals surface area (Å²) in [6, 6.07) is 3.22. The number of carbonyl (C=O) groups excluding carboxylic acids is 1. The van der Waals surface area contributed by atoms with E-state index in [1.165, 1.54) is 11.0 Å². The summed E-state index contributed by atoms with van der Waals surface area (Å²) in [6.45, 7) is 6.65. The number of carboxylic acids is 1. The maximum Gasteiger partial charge on any atom is 0.335 e. The number of aromatic carboxylic acids is 1. The van der Waals surface area contributed by atoms with Gasteiger partial charge in [0.05, 0.1) is 10.5 Å². The van der Waals surface area contributed by atoms with E-state index >= 15 is 0 Å². The standard InChI is InChI=1S/C14H18N2O5/c1-4-15(8-9(2)3)13(17)10-5-11(14(18)19)7-12(6-10)16(20)21/h5-7,9H,4,8H2,1-3H3,(H,18,19). The van der Waals surface area contributed by atoms with Gasteiger partial charge in [0.1, 0.15) is 0 Å². The number of hydrogen-bond acceptors (Lipinski definition) is 4. The Balaban J connectivity index is 3.24. The van der Waals surface area contributed by atoms with Crippen LogP contribution >= 0.6 is 0 Å². The Hall–Kier alpha value is -2.44. The van der Waals surface area contributed by atoms with Gasteiger partial charge in [-0.1, -0.05) is 13.8 Å². The quantitative estimate of drug-likeness (QED) is 0.641. The van der Waals surface area contributed by atoms with Crippen LogP contribution in [0.2, 0.25) is 0 Å². The molecule has 0 fully saturated rings. The molecule has 0 radical (unpaired) electrons. The molecule has 0 heterocycles. The highest BCUT2D eigenvalue weighted by Crippen LogP contribution is 2.19. The SMILES string of the molecule is CCN(CC(C)C)C(=O)c1cc(C(=O)O)cc([N+](=O)[O-])c1. The summed E-state index contributed by atoms with van der Waals surface area (Å²) in [4.78, 5) is 35.1. The number of hydrogen-bond donors (Lipinski definition) is 1. The van der Waals surface area contributed by atoms with Crippen LogP contribution in [0.25, 0.3) is 0 Å². The van der Waals surface area contributed by atoms with Crippen molar-refractivity contribution in [3.05, 3.63) is 39.4 Å². The third kappa shape index (κ3) is 4.27. The highest BCUT2D eigenvalue weighted by molar-refractivity contribution is 5.98. The number of nitro groups is 1. The zero-order chi connectivity index (χ0) is 16.2. The van der Waals surface area contributed by atoms with Gasteiger partial charge in [0, 0.05) is 30.8 Å². The Morgan fingerprint density at radius 1 is 1.29 bits per heavy atom. The zero-order valence-corrected chi connectivity index (χ0v) is 12.2. The van der Waals surface area contributed by atoms with E-state index in [0.717, 1.165) is 12.1 Å². The number of amides is 1. The average Bonchev–Trinajstić information content (AvgIpc) is 2.43. The highest BCUT2D eigenvalue weighted by atomic mass is 16.6. The maximum absolute atomic E-state index is 12.4. The Kier molecular flexibility index (Phi) is 5.40. The lowest BCUT2D eigenvalue weighted by Crippen LogP contribution is -2.34. The summed E-state index contributed by atoms with van der Waals surface area (Å²) in [7, 11) is 0. The molecule has 7 nitrogen and oxygen atoms in total. The smallest absolute Gasteiger partial charge is 0.335 e. The van der Waals surface area contributed by atoms with Crippen molar-refractivity contribution in [3.63, 3.8) is 0 Å². The fourth-order valence-electron chi connectivity index (χ4n) is 1.94. The van der Waals surface area contributed by atoms with Crippen LogP contribution in [0.3, 0.4) is 0 Å². The lowest BCUT2D eigenvalue weighted by molar-refractivity contribution is -0.384. The second-order valence-corrected chi connectivity index (χ2v) is 5.07. The van der Waals surface area contributed by atoms with E-state index in [9.17, 15) is 19.7 Å². The number of rotatable bonds is 6. The first-order valence-corrected chi connectivity index (χ1v) is 6.58. The molecule has 0 unspecified atom stereocenters. The van der Waals surface area contributed by atoms with Crippen LogP contribution in [-0.4, -0.2) is 39.9 Å². The molecule has 1 rings (SSSR count). The van der Waals surface area contributed by atoms with Crippen molar-refractivity contribution in [3.8, 4) is 0 Å². The van der Waals surface area contributed by atoms with E-state index in [1.54, 1.807) is 6.92 Å². The molecule has 0 atom stereocenters. The van der Waals surface area contributed by atoms with Crippen molar-refractivity contribution in [1.29, 1.82) is 0 Å². The van der Waals surface area contributed by atoms with Gasteiger partial charge in [0.2, 0.25) is 0 Å². The van der Waals surface area contributed by atoms with Gasteiger partial charge >= 0.3 is 5.97 Å². The van der Waals surface area contributed by atoms with Crippen LogP contribution in [0.1, 0.15) is 41.5 Å². The molecule has 0 saturated carbocycles. The van der Waals surface area contributed by atoms with Crippen LogP contribution in [0.15, 0.2) is 18.2 Å². The summed E-state index contributed by atoms with van der Waals surface area (Å²) in [5.41, 5.74) is -0.656. The number of carboxylic acid groups (broad SMARTS) is 1. The monoisotopic (exact) mass is 294 g/mol. The summed E-state index contributed by atoms with van der Waals surface area (Å²) in [5, 5.41) is 19.8. The minimum absolute atomic E-state index is 0.0177. The molecule has 1 amide bonds. The number of nitro benzene ring substituents is 1. The molecule has 0 spiro atoms. The number of non-ortho nitro benzene ring substituents is 1. The predicted octanol–water partition coefficient (Wildman–Crippen LogP) is 2.41. The minimum atomic E-state index is -1.31. The number of nitrogens with zero attached hydrogens (tertiary/aromatic N) is 2. The van der Waals surface area contributed by atoms with Gasteiger partial charge in [-0.05, 0) is 18.9 Å². The zero-order valence-electron chi connectivity index (χ0n) is 12.2. The van der Waals surface area contributed by atoms with Crippen LogP contribution in [-0.2, 0) is 0 Å². The van der Waals surface area contributed by atoms with Crippen molar-refractivity contribution >= 4 is 17.6 Å². The van der Waals surface area contributed by atoms with Gasteiger partial charge in [0.15, 0.2) is 0 Å². The third-order valence-electron chi connectivity index (χ3n) is 2.88. The minimum Gasteiger partial charge on any atom is -0.478 e. The fourth-order valence-corrected chi connectivity index (χ4v) is 1.94. The average molecular weight is 294 g/mol. The van der Waals surface area contributed by atoms with Crippen molar-refractivity contribution in [2.24, 2.45) is 5.92 Å². The van der Waals surface area contributed by atoms with Gasteiger partial charge in [0.25, 0.3) is 11.6 Å². The highest BCUT2D eigenvalue weighted by Gasteiger charge is 2.21. The van der Waals surface area contributed by atoms with E-state index in [1.807, 2.05) is 13.8 Å². The summed E-state index contributed by atoms with van der Waals surface area (Å²) in [6.07, 6.45) is 0. The summed E-state index contributed by atoms with van der Waals surface area (Å²) >= 11 is 0. The molecule has 7 heteroatoms. The topological polar surface area (TPSA) is 101 Å². The molecule has 0 saturated heterocycles. The van der Waals surface area contributed by atoms with Crippen molar-refractivity contribution in [2.45, 2.75) is 20.8 Å². The van der Waals surface area contributed by atoms with E-state index in [-0.39, 0.29) is 17.0 Å². The molecule has 114 valence electrons. The first-order chi connectivity index (χ1) is 9.76. The molecular weight excluding hydrogens is 276 g/mol. The van der Waals surface area contributed by atoms with E-state index < -0.39 is 22.5 Å². The van der Waals surface area contributed by atoms with Gasteiger partial charge in [-0.25, -0.2) is 4.79 Å². The van der Waals surface area contributed by atoms with E-state index in [4.69, 9.17) is 5.11 Å². The first-order valence-electron chi connectivity index (χ1n) is 6.58. The normalized spacial score (nSPS) is 10.5. The van der Waals surface area contributed by atoms with Crippen molar-refractivity contribution in [2.75, 3.05) is 13.1 Å². The molecule has 0 aliphatic heterocycles. The molecule has 1 aromatic rings. The third-order valence-corrected chi connectivity index (χ3v) is 2.88. The Labute approximate surface area is 122 Å². The largest absolute Gasteiger partial charge is 0.478 e. The molecule has 0 aromatic heterocycles. The molecule has 0 aliphatic carbocycles. The van der Waals surface area contributed by atoms with Crippen molar-refractivity contribution in [1.82, 2.24) is 4.90 Å². The lowest BCUT2D eigenvalue weighted by atomic mass is 10.1. The predicted molar refractivity (Wildman–Crippen MR) is 76.5 cm³/mol. The number of benzene rings is 1. The van der Waals surface area contributed by atoms with Gasteiger partial charge in [-0.2, -0.15) is 0 Å². The second kappa shape index (κ2) is 6.83. The van der Waals surface area contributed by atoms with E-state index in [2.05, 4.69) is 0 Å². The molecule has 1 N–H and O–H groups in total. The molecule has 1 aromatic carbocycles. The van der Waals surface area contributed by atoms with Crippen LogP contribution in [0.5, 0.6) is 0 Å². The van der Waals surface area contributed by atoms with Crippen molar-refractivity contribution < 1.29 is 19.6 Å². The molecule has 0 bridgehead atoms. The van der Waals surface area contributed by atoms with Gasteiger partial charge in [-0.15, -0.1) is 0 Å². The van der Waals surface area contributed by atoms with Crippen LogP contribution < -0.4 is 0 Å². The summed E-state index contributed by atoms with van der Waals surface area (Å²) in [5.74, 6) is -1.47. The van der Waals surface area contributed by atoms with Gasteiger partial charge in [-0.3, -0.25) is 14.9 Å². The van der Waals surface area contributed by atoms with E-state index in [0.29, 0.717) is 13.1 Å². The van der Waals surface area contributed by atoms with Crippen LogP contribution in [0.4, 0.5) is 5.69 Å². The number of carbonyl (C=O) groups is 2. The second-order valence-electron chi connectivity index (χ2n) is 5.07. The Morgan fingerprint density at radius 3 is 2.29 bits per heavy atom.